The lowest BCUT2D eigenvalue weighted by Crippen LogP contribution is -2.28. The molecule has 1 amide bonds. The van der Waals surface area contributed by atoms with E-state index in [1.165, 1.54) is 6.92 Å². The minimum Gasteiger partial charge on any atom is -0.355 e. The molecule has 0 spiro atoms. The summed E-state index contributed by atoms with van der Waals surface area (Å²) in [5.41, 5.74) is 0.639. The first kappa shape index (κ1) is 13.5. The summed E-state index contributed by atoms with van der Waals surface area (Å²) in [4.78, 5) is 22.6. The number of nitrogens with one attached hydrogen (secondary N) is 1. The van der Waals surface area contributed by atoms with E-state index in [1.807, 2.05) is 0 Å². The number of aromatic nitrogens is 1. The first-order chi connectivity index (χ1) is 7.99. The molecule has 0 saturated heterocycles. The Bertz CT molecular complexity index is 394. The Hall–Kier alpha value is -1.58. The smallest absolute Gasteiger partial charge is 0.239 e. The van der Waals surface area contributed by atoms with Gasteiger partial charge in [0.15, 0.2) is 5.78 Å². The van der Waals surface area contributed by atoms with Crippen molar-refractivity contribution in [3.05, 3.63) is 24.0 Å². The van der Waals surface area contributed by atoms with E-state index in [4.69, 9.17) is 0 Å². The van der Waals surface area contributed by atoms with Crippen LogP contribution in [-0.2, 0) is 11.3 Å². The van der Waals surface area contributed by atoms with Gasteiger partial charge in [0.2, 0.25) is 5.91 Å². The Kier molecular flexibility index (Phi) is 4.94. The quantitative estimate of drug-likeness (QED) is 0.766. The molecule has 0 aliphatic carbocycles. The van der Waals surface area contributed by atoms with Crippen LogP contribution in [0.1, 0.15) is 37.6 Å². The molecule has 1 aromatic rings. The molecule has 0 fully saturated rings. The largest absolute Gasteiger partial charge is 0.355 e. The molecule has 1 rings (SSSR count). The van der Waals surface area contributed by atoms with Crippen molar-refractivity contribution >= 4 is 11.7 Å². The highest BCUT2D eigenvalue weighted by atomic mass is 16.2. The van der Waals surface area contributed by atoms with Gasteiger partial charge in [0.05, 0.1) is 0 Å². The van der Waals surface area contributed by atoms with Gasteiger partial charge in [-0.05, 0) is 25.3 Å². The number of amides is 1. The molecule has 1 N–H and O–H groups in total. The number of ketones is 1. The van der Waals surface area contributed by atoms with E-state index in [0.717, 1.165) is 6.42 Å². The fourth-order valence-electron chi connectivity index (χ4n) is 1.47. The highest BCUT2D eigenvalue weighted by Gasteiger charge is 2.05. The second-order valence-corrected chi connectivity index (χ2v) is 4.66. The summed E-state index contributed by atoms with van der Waals surface area (Å²) in [6, 6.07) is 1.73. The molecule has 0 unspecified atom stereocenters. The molecule has 0 aliphatic heterocycles. The van der Waals surface area contributed by atoms with Crippen molar-refractivity contribution in [2.75, 3.05) is 6.54 Å². The summed E-state index contributed by atoms with van der Waals surface area (Å²) in [6.45, 7) is 6.74. The van der Waals surface area contributed by atoms with Crippen molar-refractivity contribution in [2.24, 2.45) is 5.92 Å². The fourth-order valence-corrected chi connectivity index (χ4v) is 1.47. The third-order valence-corrected chi connectivity index (χ3v) is 2.53. The van der Waals surface area contributed by atoms with Crippen molar-refractivity contribution < 1.29 is 9.59 Å². The second kappa shape index (κ2) is 6.23. The third-order valence-electron chi connectivity index (χ3n) is 2.53. The van der Waals surface area contributed by atoms with Crippen molar-refractivity contribution in [2.45, 2.75) is 33.7 Å². The Morgan fingerprint density at radius 2 is 2.12 bits per heavy atom. The van der Waals surface area contributed by atoms with E-state index < -0.39 is 0 Å². The molecule has 0 saturated carbocycles. The Morgan fingerprint density at radius 3 is 2.65 bits per heavy atom. The molecule has 0 bridgehead atoms. The van der Waals surface area contributed by atoms with Gasteiger partial charge < -0.3 is 9.88 Å². The van der Waals surface area contributed by atoms with Crippen LogP contribution < -0.4 is 5.32 Å². The van der Waals surface area contributed by atoms with Crippen LogP contribution in [0.5, 0.6) is 0 Å². The molecule has 1 heterocycles. The van der Waals surface area contributed by atoms with Crippen LogP contribution in [-0.4, -0.2) is 22.8 Å². The molecule has 0 atom stereocenters. The Balaban J connectivity index is 2.37. The lowest BCUT2D eigenvalue weighted by Gasteiger charge is -2.07. The number of nitrogens with zero attached hydrogens (tertiary/aromatic N) is 1. The highest BCUT2D eigenvalue weighted by molar-refractivity contribution is 5.93. The lowest BCUT2D eigenvalue weighted by molar-refractivity contribution is -0.121. The van der Waals surface area contributed by atoms with Gasteiger partial charge in [-0.2, -0.15) is 0 Å². The molecule has 1 aromatic heterocycles. The Morgan fingerprint density at radius 1 is 1.41 bits per heavy atom. The van der Waals surface area contributed by atoms with E-state index in [1.54, 1.807) is 23.0 Å². The molecular weight excluding hydrogens is 216 g/mol. The van der Waals surface area contributed by atoms with Crippen molar-refractivity contribution in [3.8, 4) is 0 Å². The zero-order chi connectivity index (χ0) is 12.8. The number of hydrogen-bond acceptors (Lipinski definition) is 2. The normalized spacial score (nSPS) is 10.6. The standard InChI is InChI=1S/C13H20N2O2/c1-10(2)4-6-14-13(17)9-15-7-5-12(8-15)11(3)16/h5,7-8,10H,4,6,9H2,1-3H3,(H,14,17). The summed E-state index contributed by atoms with van der Waals surface area (Å²) in [6.07, 6.45) is 4.43. The van der Waals surface area contributed by atoms with Gasteiger partial charge in [0, 0.05) is 24.5 Å². The van der Waals surface area contributed by atoms with E-state index in [-0.39, 0.29) is 18.2 Å². The highest BCUT2D eigenvalue weighted by Crippen LogP contribution is 2.02. The molecule has 4 nitrogen and oxygen atoms in total. The van der Waals surface area contributed by atoms with Crippen molar-refractivity contribution in [1.82, 2.24) is 9.88 Å². The topological polar surface area (TPSA) is 51.1 Å². The van der Waals surface area contributed by atoms with Crippen molar-refractivity contribution in [1.29, 1.82) is 0 Å². The van der Waals surface area contributed by atoms with Gasteiger partial charge >= 0.3 is 0 Å². The van der Waals surface area contributed by atoms with Gasteiger partial charge in [-0.1, -0.05) is 13.8 Å². The van der Waals surface area contributed by atoms with Gasteiger partial charge in [-0.15, -0.1) is 0 Å². The first-order valence-electron chi connectivity index (χ1n) is 5.92. The summed E-state index contributed by atoms with van der Waals surface area (Å²) in [5.74, 6) is 0.589. The van der Waals surface area contributed by atoms with Crippen LogP contribution in [0.3, 0.4) is 0 Å². The molecule has 4 heteroatoms. The maximum Gasteiger partial charge on any atom is 0.239 e. The SMILES string of the molecule is CC(=O)c1ccn(CC(=O)NCCC(C)C)c1. The van der Waals surface area contributed by atoms with Crippen LogP contribution in [0.25, 0.3) is 0 Å². The van der Waals surface area contributed by atoms with Crippen LogP contribution in [0, 0.1) is 5.92 Å². The minimum absolute atomic E-state index is 0.0173. The van der Waals surface area contributed by atoms with Crippen LogP contribution in [0.2, 0.25) is 0 Å². The zero-order valence-corrected chi connectivity index (χ0v) is 10.7. The maximum absolute atomic E-state index is 11.6. The molecule has 0 aliphatic rings. The molecular formula is C13H20N2O2. The number of carbonyl (C=O) groups excluding carboxylic acids is 2. The number of Topliss-reactive ketones (excluding diaryl/α,β-unsaturated/α-hetero) is 1. The summed E-state index contributed by atoms with van der Waals surface area (Å²) in [7, 11) is 0. The predicted octanol–water partition coefficient (Wildman–Crippen LogP) is 1.85. The van der Waals surface area contributed by atoms with Gasteiger partial charge in [0.25, 0.3) is 0 Å². The predicted molar refractivity (Wildman–Crippen MR) is 66.9 cm³/mol. The minimum atomic E-state index is -0.0173. The molecule has 0 aromatic carbocycles. The summed E-state index contributed by atoms with van der Waals surface area (Å²) < 4.78 is 1.72. The van der Waals surface area contributed by atoms with Crippen LogP contribution in [0.4, 0.5) is 0 Å². The average Bonchev–Trinajstić information content (AvgIpc) is 2.65. The van der Waals surface area contributed by atoms with Gasteiger partial charge in [-0.3, -0.25) is 9.59 Å². The van der Waals surface area contributed by atoms with Crippen LogP contribution >= 0.6 is 0 Å². The molecule has 94 valence electrons. The lowest BCUT2D eigenvalue weighted by atomic mass is 10.1. The summed E-state index contributed by atoms with van der Waals surface area (Å²) >= 11 is 0. The fraction of sp³-hybridized carbons (Fsp3) is 0.538. The number of hydrogen-bond donors (Lipinski definition) is 1. The van der Waals surface area contributed by atoms with E-state index in [9.17, 15) is 9.59 Å². The zero-order valence-electron chi connectivity index (χ0n) is 10.7. The molecule has 0 radical (unpaired) electrons. The number of rotatable bonds is 6. The average molecular weight is 236 g/mol. The van der Waals surface area contributed by atoms with Gasteiger partial charge in [-0.25, -0.2) is 0 Å². The van der Waals surface area contributed by atoms with E-state index in [2.05, 4.69) is 19.2 Å². The van der Waals surface area contributed by atoms with Crippen molar-refractivity contribution in [3.63, 3.8) is 0 Å². The monoisotopic (exact) mass is 236 g/mol. The first-order valence-corrected chi connectivity index (χ1v) is 5.92. The summed E-state index contributed by atoms with van der Waals surface area (Å²) in [5, 5.41) is 2.86. The second-order valence-electron chi connectivity index (χ2n) is 4.66. The Labute approximate surface area is 102 Å². The van der Waals surface area contributed by atoms with Crippen LogP contribution in [0.15, 0.2) is 18.5 Å². The number of carbonyl (C=O) groups is 2. The van der Waals surface area contributed by atoms with Gasteiger partial charge in [0.1, 0.15) is 6.54 Å². The van der Waals surface area contributed by atoms with E-state index in [0.29, 0.717) is 18.0 Å². The molecule has 17 heavy (non-hydrogen) atoms. The van der Waals surface area contributed by atoms with E-state index >= 15 is 0 Å². The maximum atomic E-state index is 11.6. The third kappa shape index (κ3) is 4.85.